The Morgan fingerprint density at radius 2 is 1.80 bits per heavy atom. The Morgan fingerprint density at radius 1 is 1.00 bits per heavy atom. The maximum Gasteiger partial charge on any atom is 0.308 e. The summed E-state index contributed by atoms with van der Waals surface area (Å²) in [4.78, 5) is 16.2. The molecule has 0 aliphatic carbocycles. The van der Waals surface area contributed by atoms with Gasteiger partial charge >= 0.3 is 5.97 Å². The van der Waals surface area contributed by atoms with Crippen LogP contribution in [0.1, 0.15) is 57.4 Å². The van der Waals surface area contributed by atoms with E-state index in [2.05, 4.69) is 19.1 Å². The molecule has 2 aromatic carbocycles. The number of aryl methyl sites for hydroxylation is 1. The maximum absolute atomic E-state index is 11.3. The van der Waals surface area contributed by atoms with E-state index in [9.17, 15) is 4.79 Å². The SMILES string of the molecule is CCCCC(Oc1ccc(OC(C)=O)c(CC)c1)c1cccc(-c2ccccc2)n1. The highest BCUT2D eigenvalue weighted by Crippen LogP contribution is 2.31. The van der Waals surface area contributed by atoms with Gasteiger partial charge in [0.05, 0.1) is 11.4 Å². The molecule has 1 unspecified atom stereocenters. The Bertz CT molecular complexity index is 969. The molecular weight excluding hydrogens is 374 g/mol. The predicted molar refractivity (Wildman–Crippen MR) is 120 cm³/mol. The Labute approximate surface area is 178 Å². The van der Waals surface area contributed by atoms with Crippen LogP contribution in [0.5, 0.6) is 11.5 Å². The first-order valence-corrected chi connectivity index (χ1v) is 10.6. The average Bonchev–Trinajstić information content (AvgIpc) is 2.78. The van der Waals surface area contributed by atoms with Crippen LogP contribution >= 0.6 is 0 Å². The average molecular weight is 404 g/mol. The van der Waals surface area contributed by atoms with Crippen LogP contribution in [0.2, 0.25) is 0 Å². The summed E-state index contributed by atoms with van der Waals surface area (Å²) in [5.74, 6) is 1.03. The number of hydrogen-bond acceptors (Lipinski definition) is 4. The lowest BCUT2D eigenvalue weighted by molar-refractivity contribution is -0.131. The molecule has 1 atom stereocenters. The van der Waals surface area contributed by atoms with E-state index in [1.165, 1.54) is 6.92 Å². The number of unbranched alkanes of at least 4 members (excludes halogenated alkanes) is 1. The lowest BCUT2D eigenvalue weighted by atomic mass is 10.1. The van der Waals surface area contributed by atoms with E-state index >= 15 is 0 Å². The molecule has 3 rings (SSSR count). The zero-order chi connectivity index (χ0) is 21.3. The molecule has 0 fully saturated rings. The van der Waals surface area contributed by atoms with E-state index in [4.69, 9.17) is 14.5 Å². The normalized spacial score (nSPS) is 11.7. The van der Waals surface area contributed by atoms with Crippen molar-refractivity contribution in [2.24, 2.45) is 0 Å². The Kier molecular flexibility index (Phi) is 7.61. The number of pyridine rings is 1. The molecule has 4 heteroatoms. The molecule has 30 heavy (non-hydrogen) atoms. The van der Waals surface area contributed by atoms with Gasteiger partial charge in [0, 0.05) is 12.5 Å². The van der Waals surface area contributed by atoms with Crippen molar-refractivity contribution in [3.8, 4) is 22.8 Å². The second-order valence-electron chi connectivity index (χ2n) is 7.28. The smallest absolute Gasteiger partial charge is 0.308 e. The number of nitrogens with zero attached hydrogens (tertiary/aromatic N) is 1. The fourth-order valence-electron chi connectivity index (χ4n) is 3.38. The minimum absolute atomic E-state index is 0.141. The van der Waals surface area contributed by atoms with Gasteiger partial charge < -0.3 is 9.47 Å². The monoisotopic (exact) mass is 403 g/mol. The molecule has 0 aliphatic rings. The third-order valence-corrected chi connectivity index (χ3v) is 4.93. The lowest BCUT2D eigenvalue weighted by Crippen LogP contribution is -2.11. The Morgan fingerprint density at radius 3 is 2.50 bits per heavy atom. The standard InChI is InChI=1S/C26H29NO3/c1-4-6-15-26(24-14-10-13-23(27-24)21-11-8-7-9-12-21)30-22-16-17-25(29-19(3)28)20(5-2)18-22/h7-14,16-18,26H,4-6,15H2,1-3H3. The van der Waals surface area contributed by atoms with Crippen molar-refractivity contribution in [3.05, 3.63) is 78.0 Å². The van der Waals surface area contributed by atoms with Crippen molar-refractivity contribution in [1.82, 2.24) is 4.98 Å². The summed E-state index contributed by atoms with van der Waals surface area (Å²) >= 11 is 0. The molecule has 0 saturated carbocycles. The van der Waals surface area contributed by atoms with Gasteiger partial charge in [0.1, 0.15) is 17.6 Å². The van der Waals surface area contributed by atoms with Crippen LogP contribution < -0.4 is 9.47 Å². The van der Waals surface area contributed by atoms with Gasteiger partial charge in [0.15, 0.2) is 0 Å². The summed E-state index contributed by atoms with van der Waals surface area (Å²) in [5.41, 5.74) is 3.90. The van der Waals surface area contributed by atoms with Crippen LogP contribution in [0.4, 0.5) is 0 Å². The molecular formula is C26H29NO3. The quantitative estimate of drug-likeness (QED) is 0.300. The van der Waals surface area contributed by atoms with Crippen LogP contribution in [0.15, 0.2) is 66.7 Å². The number of hydrogen-bond donors (Lipinski definition) is 0. The molecule has 3 aromatic rings. The third-order valence-electron chi connectivity index (χ3n) is 4.93. The highest BCUT2D eigenvalue weighted by molar-refractivity contribution is 5.70. The largest absolute Gasteiger partial charge is 0.484 e. The Hall–Kier alpha value is -3.14. The molecule has 156 valence electrons. The van der Waals surface area contributed by atoms with Crippen LogP contribution in [-0.4, -0.2) is 11.0 Å². The molecule has 0 aliphatic heterocycles. The number of carbonyl (C=O) groups is 1. The van der Waals surface area contributed by atoms with E-state index in [1.54, 1.807) is 6.07 Å². The van der Waals surface area contributed by atoms with Crippen LogP contribution in [0.25, 0.3) is 11.3 Å². The van der Waals surface area contributed by atoms with Gasteiger partial charge in [0.25, 0.3) is 0 Å². The first-order valence-electron chi connectivity index (χ1n) is 10.6. The molecule has 0 radical (unpaired) electrons. The van der Waals surface area contributed by atoms with Crippen LogP contribution in [-0.2, 0) is 11.2 Å². The highest BCUT2D eigenvalue weighted by Gasteiger charge is 2.17. The summed E-state index contributed by atoms with van der Waals surface area (Å²) in [6, 6.07) is 21.9. The molecule has 0 saturated heterocycles. The third kappa shape index (κ3) is 5.69. The van der Waals surface area contributed by atoms with Gasteiger partial charge in [-0.2, -0.15) is 0 Å². The summed E-state index contributed by atoms with van der Waals surface area (Å²) in [6.45, 7) is 5.62. The summed E-state index contributed by atoms with van der Waals surface area (Å²) in [7, 11) is 0. The van der Waals surface area contributed by atoms with Gasteiger partial charge in [-0.05, 0) is 55.2 Å². The molecule has 0 spiro atoms. The lowest BCUT2D eigenvalue weighted by Gasteiger charge is -2.20. The summed E-state index contributed by atoms with van der Waals surface area (Å²) in [5, 5.41) is 0. The van der Waals surface area contributed by atoms with E-state index < -0.39 is 0 Å². The van der Waals surface area contributed by atoms with E-state index in [0.717, 1.165) is 53.9 Å². The van der Waals surface area contributed by atoms with Gasteiger partial charge in [-0.1, -0.05) is 56.7 Å². The number of ether oxygens (including phenoxy) is 2. The van der Waals surface area contributed by atoms with Crippen molar-refractivity contribution in [1.29, 1.82) is 0 Å². The zero-order valence-corrected chi connectivity index (χ0v) is 17.9. The molecule has 1 heterocycles. The van der Waals surface area contributed by atoms with Crippen LogP contribution in [0.3, 0.4) is 0 Å². The zero-order valence-electron chi connectivity index (χ0n) is 17.9. The van der Waals surface area contributed by atoms with Crippen LogP contribution in [0, 0.1) is 0 Å². The van der Waals surface area contributed by atoms with E-state index in [1.807, 2.05) is 55.5 Å². The van der Waals surface area contributed by atoms with Gasteiger partial charge in [-0.15, -0.1) is 0 Å². The van der Waals surface area contributed by atoms with E-state index in [0.29, 0.717) is 5.75 Å². The van der Waals surface area contributed by atoms with Crippen molar-refractivity contribution in [2.75, 3.05) is 0 Å². The van der Waals surface area contributed by atoms with Crippen molar-refractivity contribution in [3.63, 3.8) is 0 Å². The Balaban J connectivity index is 1.87. The molecule has 4 nitrogen and oxygen atoms in total. The second-order valence-corrected chi connectivity index (χ2v) is 7.28. The fourth-order valence-corrected chi connectivity index (χ4v) is 3.38. The number of aromatic nitrogens is 1. The van der Waals surface area contributed by atoms with Crippen molar-refractivity contribution >= 4 is 5.97 Å². The molecule has 0 bridgehead atoms. The van der Waals surface area contributed by atoms with Crippen molar-refractivity contribution in [2.45, 2.75) is 52.6 Å². The minimum atomic E-state index is -0.318. The van der Waals surface area contributed by atoms with Gasteiger partial charge in [-0.25, -0.2) is 4.98 Å². The first kappa shape index (κ1) is 21.6. The topological polar surface area (TPSA) is 48.4 Å². The van der Waals surface area contributed by atoms with Crippen molar-refractivity contribution < 1.29 is 14.3 Å². The summed E-state index contributed by atoms with van der Waals surface area (Å²) in [6.07, 6.45) is 3.63. The number of esters is 1. The maximum atomic E-state index is 11.3. The molecule has 0 N–H and O–H groups in total. The van der Waals surface area contributed by atoms with Gasteiger partial charge in [0.2, 0.25) is 0 Å². The number of benzene rings is 2. The van der Waals surface area contributed by atoms with Gasteiger partial charge in [-0.3, -0.25) is 4.79 Å². The number of rotatable bonds is 9. The number of carbonyl (C=O) groups excluding carboxylic acids is 1. The summed E-state index contributed by atoms with van der Waals surface area (Å²) < 4.78 is 11.7. The molecule has 1 aromatic heterocycles. The second kappa shape index (κ2) is 10.6. The minimum Gasteiger partial charge on any atom is -0.484 e. The fraction of sp³-hybridized carbons (Fsp3) is 0.308. The van der Waals surface area contributed by atoms with E-state index in [-0.39, 0.29) is 12.1 Å². The first-order chi connectivity index (χ1) is 14.6. The highest BCUT2D eigenvalue weighted by atomic mass is 16.5. The predicted octanol–water partition coefficient (Wildman–Crippen LogP) is 6.55. The molecule has 0 amide bonds.